The predicted octanol–water partition coefficient (Wildman–Crippen LogP) is 0.714. The zero-order valence-corrected chi connectivity index (χ0v) is 13.9. The summed E-state index contributed by atoms with van der Waals surface area (Å²) in [5.41, 5.74) is 5.01. The van der Waals surface area contributed by atoms with E-state index in [2.05, 4.69) is 17.3 Å². The molecule has 1 aromatic heterocycles. The van der Waals surface area contributed by atoms with Crippen molar-refractivity contribution in [3.8, 4) is 0 Å². The van der Waals surface area contributed by atoms with Crippen LogP contribution in [0.15, 0.2) is 33.9 Å². The van der Waals surface area contributed by atoms with Crippen molar-refractivity contribution < 1.29 is 4.79 Å². The van der Waals surface area contributed by atoms with Gasteiger partial charge in [0.2, 0.25) is 5.91 Å². The number of aryl methyl sites for hydroxylation is 1. The minimum atomic E-state index is -0.339. The van der Waals surface area contributed by atoms with Crippen LogP contribution in [0.2, 0.25) is 0 Å². The molecule has 2 rings (SSSR count). The normalized spacial score (nSPS) is 12.2. The molecule has 2 aromatic rings. The Labute approximate surface area is 139 Å². The molecule has 1 amide bonds. The molecule has 0 fully saturated rings. The number of hydrogen-bond donors (Lipinski definition) is 3. The minimum Gasteiger partial charge on any atom is -0.352 e. The van der Waals surface area contributed by atoms with Gasteiger partial charge in [-0.05, 0) is 18.6 Å². The second-order valence-corrected chi connectivity index (χ2v) is 5.84. The maximum absolute atomic E-state index is 12.4. The monoisotopic (exact) mass is 332 g/mol. The Morgan fingerprint density at radius 3 is 2.67 bits per heavy atom. The topological polar surface area (TPSA) is 110 Å². The smallest absolute Gasteiger partial charge is 0.273 e. The third-order valence-electron chi connectivity index (χ3n) is 4.00. The Bertz CT molecular complexity index is 809. The molecule has 24 heavy (non-hydrogen) atoms. The summed E-state index contributed by atoms with van der Waals surface area (Å²) in [4.78, 5) is 36.4. The number of aromatic amines is 1. The van der Waals surface area contributed by atoms with Gasteiger partial charge in [-0.2, -0.15) is 0 Å². The summed E-state index contributed by atoms with van der Waals surface area (Å²) in [5.74, 6) is -0.178. The molecule has 0 aliphatic heterocycles. The Morgan fingerprint density at radius 2 is 2.00 bits per heavy atom. The number of carbonyl (C=O) groups excluding carboxylic acids is 1. The molecule has 0 saturated carbocycles. The molecule has 0 radical (unpaired) electrons. The van der Waals surface area contributed by atoms with Crippen molar-refractivity contribution in [2.45, 2.75) is 45.2 Å². The second kappa shape index (κ2) is 8.44. The van der Waals surface area contributed by atoms with Crippen LogP contribution in [-0.2, 0) is 11.3 Å². The first-order chi connectivity index (χ1) is 11.6. The van der Waals surface area contributed by atoms with Gasteiger partial charge in [-0.1, -0.05) is 31.9 Å². The molecule has 7 nitrogen and oxygen atoms in total. The van der Waals surface area contributed by atoms with Crippen molar-refractivity contribution in [3.63, 3.8) is 0 Å². The second-order valence-electron chi connectivity index (χ2n) is 5.84. The van der Waals surface area contributed by atoms with Gasteiger partial charge in [0.05, 0.1) is 17.3 Å². The highest BCUT2D eigenvalue weighted by Gasteiger charge is 2.12. The predicted molar refractivity (Wildman–Crippen MR) is 94.0 cm³/mol. The summed E-state index contributed by atoms with van der Waals surface area (Å²) in [6.07, 6.45) is 2.99. The SMILES string of the molecule is CCCCC(CN)NC(=O)CCn1[nH]c(=O)c2ccccc2c1=O. The maximum atomic E-state index is 12.4. The largest absolute Gasteiger partial charge is 0.352 e. The highest BCUT2D eigenvalue weighted by Crippen LogP contribution is 2.03. The van der Waals surface area contributed by atoms with Crippen LogP contribution in [0.5, 0.6) is 0 Å². The number of unbranched alkanes of at least 4 members (excludes halogenated alkanes) is 1. The van der Waals surface area contributed by atoms with Crippen molar-refractivity contribution in [2.75, 3.05) is 6.54 Å². The lowest BCUT2D eigenvalue weighted by atomic mass is 10.1. The molecular formula is C17H24N4O3. The maximum Gasteiger partial charge on any atom is 0.273 e. The number of nitrogens with two attached hydrogens (primary N) is 1. The molecule has 1 unspecified atom stereocenters. The number of nitrogens with one attached hydrogen (secondary N) is 2. The van der Waals surface area contributed by atoms with Gasteiger partial charge in [-0.15, -0.1) is 0 Å². The molecule has 0 saturated heterocycles. The van der Waals surface area contributed by atoms with E-state index in [4.69, 9.17) is 5.73 Å². The van der Waals surface area contributed by atoms with Crippen LogP contribution in [0, 0.1) is 0 Å². The van der Waals surface area contributed by atoms with Crippen molar-refractivity contribution in [1.82, 2.24) is 15.1 Å². The van der Waals surface area contributed by atoms with E-state index in [1.54, 1.807) is 24.3 Å². The fraction of sp³-hybridized carbons (Fsp3) is 0.471. The van der Waals surface area contributed by atoms with Gasteiger partial charge in [0, 0.05) is 19.0 Å². The summed E-state index contributed by atoms with van der Waals surface area (Å²) < 4.78 is 1.19. The first-order valence-electron chi connectivity index (χ1n) is 8.28. The van der Waals surface area contributed by atoms with Crippen LogP contribution in [0.1, 0.15) is 32.6 Å². The number of H-pyrrole nitrogens is 1. The summed E-state index contributed by atoms with van der Waals surface area (Å²) in [6, 6.07) is 6.58. The molecule has 1 aromatic carbocycles. The van der Waals surface area contributed by atoms with Crippen LogP contribution in [0.4, 0.5) is 0 Å². The van der Waals surface area contributed by atoms with Gasteiger partial charge in [0.15, 0.2) is 0 Å². The molecule has 1 heterocycles. The number of carbonyl (C=O) groups is 1. The van der Waals surface area contributed by atoms with E-state index in [9.17, 15) is 14.4 Å². The number of nitrogens with zero attached hydrogens (tertiary/aromatic N) is 1. The number of aromatic nitrogens is 2. The van der Waals surface area contributed by atoms with Crippen LogP contribution >= 0.6 is 0 Å². The number of hydrogen-bond acceptors (Lipinski definition) is 4. The van der Waals surface area contributed by atoms with E-state index in [-0.39, 0.29) is 36.0 Å². The Morgan fingerprint density at radius 1 is 1.29 bits per heavy atom. The Kier molecular flexibility index (Phi) is 6.31. The van der Waals surface area contributed by atoms with Crippen molar-refractivity contribution >= 4 is 16.7 Å². The van der Waals surface area contributed by atoms with Crippen LogP contribution in [-0.4, -0.2) is 28.3 Å². The van der Waals surface area contributed by atoms with Gasteiger partial charge >= 0.3 is 0 Å². The van der Waals surface area contributed by atoms with Gasteiger partial charge in [-0.3, -0.25) is 19.5 Å². The van der Waals surface area contributed by atoms with Gasteiger partial charge in [-0.25, -0.2) is 4.68 Å². The fourth-order valence-corrected chi connectivity index (χ4v) is 2.62. The molecule has 0 bridgehead atoms. The number of amides is 1. The number of rotatable bonds is 8. The zero-order chi connectivity index (χ0) is 17.5. The van der Waals surface area contributed by atoms with E-state index in [1.807, 2.05) is 0 Å². The molecular weight excluding hydrogens is 308 g/mol. The van der Waals surface area contributed by atoms with E-state index in [0.29, 0.717) is 17.3 Å². The highest BCUT2D eigenvalue weighted by atomic mass is 16.2. The van der Waals surface area contributed by atoms with E-state index >= 15 is 0 Å². The quantitative estimate of drug-likeness (QED) is 0.661. The van der Waals surface area contributed by atoms with E-state index in [1.165, 1.54) is 4.68 Å². The summed E-state index contributed by atoms with van der Waals surface area (Å²) >= 11 is 0. The summed E-state index contributed by atoms with van der Waals surface area (Å²) in [7, 11) is 0. The van der Waals surface area contributed by atoms with Crippen molar-refractivity contribution in [1.29, 1.82) is 0 Å². The third kappa shape index (κ3) is 4.32. The van der Waals surface area contributed by atoms with Gasteiger partial charge < -0.3 is 11.1 Å². The minimum absolute atomic E-state index is 0.0511. The summed E-state index contributed by atoms with van der Waals surface area (Å²) in [5, 5.41) is 6.10. The third-order valence-corrected chi connectivity index (χ3v) is 4.00. The van der Waals surface area contributed by atoms with Gasteiger partial charge in [0.1, 0.15) is 0 Å². The fourth-order valence-electron chi connectivity index (χ4n) is 2.62. The number of fused-ring (bicyclic) bond motifs is 1. The molecule has 1 atom stereocenters. The molecule has 7 heteroatoms. The van der Waals surface area contributed by atoms with E-state index in [0.717, 1.165) is 19.3 Å². The van der Waals surface area contributed by atoms with Gasteiger partial charge in [0.25, 0.3) is 11.1 Å². The lowest BCUT2D eigenvalue weighted by Crippen LogP contribution is -2.41. The van der Waals surface area contributed by atoms with E-state index < -0.39 is 0 Å². The average molecular weight is 332 g/mol. The first-order valence-corrected chi connectivity index (χ1v) is 8.28. The van der Waals surface area contributed by atoms with Crippen LogP contribution in [0.25, 0.3) is 10.8 Å². The van der Waals surface area contributed by atoms with Crippen LogP contribution < -0.4 is 22.2 Å². The zero-order valence-electron chi connectivity index (χ0n) is 13.9. The lowest BCUT2D eigenvalue weighted by Gasteiger charge is -2.16. The highest BCUT2D eigenvalue weighted by molar-refractivity contribution is 5.80. The standard InChI is InChI=1S/C17H24N4O3/c1-2-3-6-12(11-18)19-15(22)9-10-21-17(24)14-8-5-4-7-13(14)16(23)20-21/h4-5,7-8,12H,2-3,6,9-11,18H2,1H3,(H,19,22)(H,20,23). The Balaban J connectivity index is 2.05. The molecule has 0 spiro atoms. The number of benzene rings is 1. The van der Waals surface area contributed by atoms with Crippen molar-refractivity contribution in [2.24, 2.45) is 5.73 Å². The van der Waals surface area contributed by atoms with Crippen molar-refractivity contribution in [3.05, 3.63) is 45.0 Å². The van der Waals surface area contributed by atoms with Crippen LogP contribution in [0.3, 0.4) is 0 Å². The molecule has 0 aliphatic rings. The summed E-state index contributed by atoms with van der Waals surface area (Å²) in [6.45, 7) is 2.59. The lowest BCUT2D eigenvalue weighted by molar-refractivity contribution is -0.122. The molecule has 4 N–H and O–H groups in total. The Hall–Kier alpha value is -2.41. The average Bonchev–Trinajstić information content (AvgIpc) is 2.60. The molecule has 0 aliphatic carbocycles. The molecule has 130 valence electrons. The first kappa shape index (κ1) is 17.9.